The molecule has 3 aromatic rings. The molecule has 0 N–H and O–H groups in total. The number of hydrogen-bond donors (Lipinski definition) is 0. The molecule has 6 nitrogen and oxygen atoms in total. The SMILES string of the molecule is C=CCN(Cc1ccc(C#N)cc1)C(=O)CSc1nncn1-c1ccc(C)cc1. The summed E-state index contributed by atoms with van der Waals surface area (Å²) in [5.74, 6) is 0.229. The van der Waals surface area contributed by atoms with Gasteiger partial charge in [0.2, 0.25) is 5.91 Å². The molecule has 0 spiro atoms. The summed E-state index contributed by atoms with van der Waals surface area (Å²) in [5, 5.41) is 17.7. The number of thioether (sulfide) groups is 1. The van der Waals surface area contributed by atoms with E-state index in [1.165, 1.54) is 17.3 Å². The van der Waals surface area contributed by atoms with Gasteiger partial charge in [-0.25, -0.2) is 0 Å². The average Bonchev–Trinajstić information content (AvgIpc) is 3.21. The van der Waals surface area contributed by atoms with Crippen molar-refractivity contribution < 1.29 is 4.79 Å². The third-order valence-corrected chi connectivity index (χ3v) is 5.24. The monoisotopic (exact) mass is 403 g/mol. The van der Waals surface area contributed by atoms with Crippen LogP contribution in [0.5, 0.6) is 0 Å². The predicted molar refractivity (Wildman–Crippen MR) is 114 cm³/mol. The Morgan fingerprint density at radius 1 is 1.24 bits per heavy atom. The highest BCUT2D eigenvalue weighted by atomic mass is 32.2. The van der Waals surface area contributed by atoms with Crippen LogP contribution in [0.15, 0.2) is 72.7 Å². The summed E-state index contributed by atoms with van der Waals surface area (Å²) >= 11 is 1.35. The quantitative estimate of drug-likeness (QED) is 0.423. The first-order valence-corrected chi connectivity index (χ1v) is 10.1. The minimum atomic E-state index is -0.0160. The van der Waals surface area contributed by atoms with Gasteiger partial charge in [0.1, 0.15) is 6.33 Å². The standard InChI is InChI=1S/C22H21N5OS/c1-3-12-26(14-19-8-6-18(13-23)7-9-19)21(28)15-29-22-25-24-16-27(22)20-10-4-17(2)5-11-20/h3-11,16H,1,12,14-15H2,2H3. The van der Waals surface area contributed by atoms with Gasteiger partial charge in [-0.05, 0) is 36.8 Å². The lowest BCUT2D eigenvalue weighted by atomic mass is 10.1. The molecule has 2 aromatic carbocycles. The topological polar surface area (TPSA) is 74.8 Å². The van der Waals surface area contributed by atoms with Crippen molar-refractivity contribution in [1.29, 1.82) is 5.26 Å². The number of amides is 1. The van der Waals surface area contributed by atoms with E-state index in [0.29, 0.717) is 23.8 Å². The Hall–Kier alpha value is -3.37. The van der Waals surface area contributed by atoms with Crippen molar-refractivity contribution in [2.45, 2.75) is 18.6 Å². The number of hydrogen-bond acceptors (Lipinski definition) is 5. The summed E-state index contributed by atoms with van der Waals surface area (Å²) in [7, 11) is 0. The van der Waals surface area contributed by atoms with Gasteiger partial charge in [-0.15, -0.1) is 16.8 Å². The molecule has 0 bridgehead atoms. The van der Waals surface area contributed by atoms with Crippen LogP contribution >= 0.6 is 11.8 Å². The Kier molecular flexibility index (Phi) is 6.82. The molecule has 0 atom stereocenters. The van der Waals surface area contributed by atoms with Crippen LogP contribution in [0.4, 0.5) is 0 Å². The van der Waals surface area contributed by atoms with Crippen LogP contribution in [0.25, 0.3) is 5.69 Å². The number of aromatic nitrogens is 3. The van der Waals surface area contributed by atoms with Gasteiger partial charge in [-0.1, -0.05) is 47.7 Å². The van der Waals surface area contributed by atoms with E-state index < -0.39 is 0 Å². The fourth-order valence-corrected chi connectivity index (χ4v) is 3.57. The van der Waals surface area contributed by atoms with E-state index in [2.05, 4.69) is 22.8 Å². The molecular formula is C22H21N5OS. The highest BCUT2D eigenvalue weighted by Crippen LogP contribution is 2.20. The molecule has 146 valence electrons. The summed E-state index contributed by atoms with van der Waals surface area (Å²) < 4.78 is 1.87. The number of nitrogens with zero attached hydrogens (tertiary/aromatic N) is 5. The van der Waals surface area contributed by atoms with E-state index in [4.69, 9.17) is 5.26 Å². The van der Waals surface area contributed by atoms with Gasteiger partial charge in [0.05, 0.1) is 17.4 Å². The van der Waals surface area contributed by atoms with Gasteiger partial charge >= 0.3 is 0 Å². The Bertz CT molecular complexity index is 1020. The van der Waals surface area contributed by atoms with E-state index in [1.54, 1.807) is 29.4 Å². The minimum Gasteiger partial charge on any atom is -0.334 e. The summed E-state index contributed by atoms with van der Waals surface area (Å²) in [5.41, 5.74) is 3.69. The Morgan fingerprint density at radius 3 is 2.62 bits per heavy atom. The molecule has 0 unspecified atom stereocenters. The zero-order chi connectivity index (χ0) is 20.6. The van der Waals surface area contributed by atoms with Crippen LogP contribution in [0.2, 0.25) is 0 Å². The smallest absolute Gasteiger partial charge is 0.233 e. The van der Waals surface area contributed by atoms with Gasteiger partial charge in [-0.3, -0.25) is 9.36 Å². The molecule has 0 saturated carbocycles. The Morgan fingerprint density at radius 2 is 1.97 bits per heavy atom. The zero-order valence-corrected chi connectivity index (χ0v) is 17.0. The number of benzene rings is 2. The average molecular weight is 404 g/mol. The molecule has 0 fully saturated rings. The minimum absolute atomic E-state index is 0.0160. The van der Waals surface area contributed by atoms with Crippen LogP contribution < -0.4 is 0 Å². The molecule has 0 aliphatic rings. The highest BCUT2D eigenvalue weighted by Gasteiger charge is 2.16. The summed E-state index contributed by atoms with van der Waals surface area (Å²) in [6, 6.07) is 17.4. The third kappa shape index (κ3) is 5.33. The van der Waals surface area contributed by atoms with Crippen molar-refractivity contribution in [3.63, 3.8) is 0 Å². The van der Waals surface area contributed by atoms with Gasteiger partial charge < -0.3 is 4.90 Å². The summed E-state index contributed by atoms with van der Waals surface area (Å²) in [4.78, 5) is 14.5. The molecule has 0 saturated heterocycles. The normalized spacial score (nSPS) is 10.3. The first-order chi connectivity index (χ1) is 14.1. The highest BCUT2D eigenvalue weighted by molar-refractivity contribution is 7.99. The van der Waals surface area contributed by atoms with Crippen LogP contribution in [0, 0.1) is 18.3 Å². The van der Waals surface area contributed by atoms with Crippen molar-refractivity contribution in [2.24, 2.45) is 0 Å². The van der Waals surface area contributed by atoms with Gasteiger partial charge in [-0.2, -0.15) is 5.26 Å². The van der Waals surface area contributed by atoms with Crippen molar-refractivity contribution in [2.75, 3.05) is 12.3 Å². The fourth-order valence-electron chi connectivity index (χ4n) is 2.74. The molecule has 1 aromatic heterocycles. The second-order valence-corrected chi connectivity index (χ2v) is 7.42. The van der Waals surface area contributed by atoms with E-state index in [-0.39, 0.29) is 11.7 Å². The Labute approximate surface area is 174 Å². The molecule has 0 aliphatic heterocycles. The number of nitriles is 1. The van der Waals surface area contributed by atoms with Crippen LogP contribution in [0.1, 0.15) is 16.7 Å². The maximum atomic E-state index is 12.8. The second kappa shape index (κ2) is 9.71. The third-order valence-electron chi connectivity index (χ3n) is 4.31. The molecular weight excluding hydrogens is 382 g/mol. The van der Waals surface area contributed by atoms with Crippen molar-refractivity contribution >= 4 is 17.7 Å². The lowest BCUT2D eigenvalue weighted by Gasteiger charge is -2.21. The molecule has 1 heterocycles. The lowest BCUT2D eigenvalue weighted by Crippen LogP contribution is -2.32. The number of rotatable bonds is 8. The van der Waals surface area contributed by atoms with E-state index in [1.807, 2.05) is 47.9 Å². The number of aryl methyl sites for hydroxylation is 1. The maximum Gasteiger partial charge on any atom is 0.233 e. The molecule has 0 aliphatic carbocycles. The van der Waals surface area contributed by atoms with Gasteiger partial charge in [0.15, 0.2) is 5.16 Å². The Balaban J connectivity index is 1.66. The predicted octanol–water partition coefficient (Wildman–Crippen LogP) is 3.75. The van der Waals surface area contributed by atoms with Crippen molar-refractivity contribution in [3.05, 3.63) is 84.2 Å². The second-order valence-electron chi connectivity index (χ2n) is 6.48. The van der Waals surface area contributed by atoms with E-state index in [0.717, 1.165) is 11.3 Å². The maximum absolute atomic E-state index is 12.8. The summed E-state index contributed by atoms with van der Waals surface area (Å²) in [6.45, 7) is 6.70. The molecule has 3 rings (SSSR count). The first kappa shape index (κ1) is 20.4. The van der Waals surface area contributed by atoms with Crippen molar-refractivity contribution in [3.8, 4) is 11.8 Å². The van der Waals surface area contributed by atoms with E-state index in [9.17, 15) is 4.79 Å². The molecule has 7 heteroatoms. The lowest BCUT2D eigenvalue weighted by molar-refractivity contribution is -0.128. The summed E-state index contributed by atoms with van der Waals surface area (Å²) in [6.07, 6.45) is 3.36. The zero-order valence-electron chi connectivity index (χ0n) is 16.2. The van der Waals surface area contributed by atoms with Gasteiger partial charge in [0, 0.05) is 18.8 Å². The van der Waals surface area contributed by atoms with Gasteiger partial charge in [0.25, 0.3) is 0 Å². The molecule has 29 heavy (non-hydrogen) atoms. The fraction of sp³-hybridized carbons (Fsp3) is 0.182. The van der Waals surface area contributed by atoms with E-state index >= 15 is 0 Å². The molecule has 0 radical (unpaired) electrons. The first-order valence-electron chi connectivity index (χ1n) is 9.08. The molecule has 1 amide bonds. The van der Waals surface area contributed by atoms with Crippen molar-refractivity contribution in [1.82, 2.24) is 19.7 Å². The van der Waals surface area contributed by atoms with Crippen LogP contribution in [-0.2, 0) is 11.3 Å². The largest absolute Gasteiger partial charge is 0.334 e. The van der Waals surface area contributed by atoms with Crippen LogP contribution in [-0.4, -0.2) is 37.9 Å². The number of carbonyl (C=O) groups is 1. The van der Waals surface area contributed by atoms with Crippen LogP contribution in [0.3, 0.4) is 0 Å². The number of carbonyl (C=O) groups excluding carboxylic acids is 1.